The van der Waals surface area contributed by atoms with E-state index < -0.39 is 21.8 Å². The number of nitrogens with zero attached hydrogens (tertiary/aromatic N) is 2. The molecule has 1 amide bonds. The molecule has 0 aliphatic carbocycles. The van der Waals surface area contributed by atoms with Crippen LogP contribution < -0.4 is 4.90 Å². The SMILES string of the molecule is CS(=O)(=O)CCC(C(=O)O)N(C=O)c1ccncc1. The first-order valence-electron chi connectivity index (χ1n) is 5.39. The molecule has 0 fully saturated rings. The molecule has 0 aliphatic rings. The first kappa shape index (κ1) is 15.1. The number of rotatable bonds is 7. The number of aliphatic carboxylic acids is 1. The minimum Gasteiger partial charge on any atom is -0.480 e. The summed E-state index contributed by atoms with van der Waals surface area (Å²) in [4.78, 5) is 27.0. The summed E-state index contributed by atoms with van der Waals surface area (Å²) in [5, 5.41) is 9.12. The number of carboxylic acid groups (broad SMARTS) is 1. The van der Waals surface area contributed by atoms with Crippen LogP contribution in [0.4, 0.5) is 5.69 Å². The smallest absolute Gasteiger partial charge is 0.326 e. The van der Waals surface area contributed by atoms with Gasteiger partial charge >= 0.3 is 5.97 Å². The number of aromatic nitrogens is 1. The maximum Gasteiger partial charge on any atom is 0.326 e. The number of carbonyl (C=O) groups excluding carboxylic acids is 1. The Morgan fingerprint density at radius 1 is 1.47 bits per heavy atom. The summed E-state index contributed by atoms with van der Waals surface area (Å²) >= 11 is 0. The molecule has 0 saturated heterocycles. The van der Waals surface area contributed by atoms with Gasteiger partial charge in [-0.3, -0.25) is 9.78 Å². The lowest BCUT2D eigenvalue weighted by Crippen LogP contribution is -2.41. The van der Waals surface area contributed by atoms with Gasteiger partial charge in [0.25, 0.3) is 0 Å². The molecule has 0 aromatic carbocycles. The molecule has 1 N–H and O–H groups in total. The maximum absolute atomic E-state index is 11.2. The lowest BCUT2D eigenvalue weighted by molar-refractivity contribution is -0.139. The monoisotopic (exact) mass is 286 g/mol. The fourth-order valence-corrected chi connectivity index (χ4v) is 2.19. The van der Waals surface area contributed by atoms with Gasteiger partial charge in [0, 0.05) is 24.3 Å². The molecule has 0 radical (unpaired) electrons. The standard InChI is InChI=1S/C11H14N2O5S/c1-19(17,18)7-4-10(11(15)16)13(8-14)9-2-5-12-6-3-9/h2-3,5-6,8,10H,4,7H2,1H3,(H,15,16). The number of amides is 1. The van der Waals surface area contributed by atoms with Crippen molar-refractivity contribution in [1.29, 1.82) is 0 Å². The maximum atomic E-state index is 11.2. The zero-order valence-corrected chi connectivity index (χ0v) is 11.1. The highest BCUT2D eigenvalue weighted by molar-refractivity contribution is 7.90. The average molecular weight is 286 g/mol. The van der Waals surface area contributed by atoms with Crippen molar-refractivity contribution in [3.05, 3.63) is 24.5 Å². The second kappa shape index (κ2) is 6.28. The van der Waals surface area contributed by atoms with E-state index in [-0.39, 0.29) is 12.2 Å². The summed E-state index contributed by atoms with van der Waals surface area (Å²) in [7, 11) is -3.29. The molecule has 7 nitrogen and oxygen atoms in total. The molecule has 0 aliphatic heterocycles. The second-order valence-electron chi connectivity index (χ2n) is 3.99. The topological polar surface area (TPSA) is 105 Å². The molecule has 1 heterocycles. The molecule has 19 heavy (non-hydrogen) atoms. The minimum atomic E-state index is -3.29. The van der Waals surface area contributed by atoms with E-state index in [1.165, 1.54) is 24.5 Å². The van der Waals surface area contributed by atoms with Gasteiger partial charge in [0.15, 0.2) is 0 Å². The Kier molecular flexibility index (Phi) is 4.99. The van der Waals surface area contributed by atoms with Crippen LogP contribution in [0.1, 0.15) is 6.42 Å². The Bertz CT molecular complexity index is 543. The molecule has 0 bridgehead atoms. The van der Waals surface area contributed by atoms with E-state index in [1.54, 1.807) is 0 Å². The van der Waals surface area contributed by atoms with E-state index >= 15 is 0 Å². The quantitative estimate of drug-likeness (QED) is 0.704. The Labute approximate surface area is 110 Å². The van der Waals surface area contributed by atoms with E-state index in [0.717, 1.165) is 11.2 Å². The average Bonchev–Trinajstić information content (AvgIpc) is 2.33. The summed E-state index contributed by atoms with van der Waals surface area (Å²) in [5.74, 6) is -1.56. The van der Waals surface area contributed by atoms with Gasteiger partial charge in [0.05, 0.1) is 5.75 Å². The molecule has 1 aromatic rings. The van der Waals surface area contributed by atoms with Gasteiger partial charge in [-0.1, -0.05) is 0 Å². The molecular formula is C11H14N2O5S. The van der Waals surface area contributed by atoms with Crippen LogP contribution >= 0.6 is 0 Å². The van der Waals surface area contributed by atoms with Crippen molar-refractivity contribution < 1.29 is 23.1 Å². The van der Waals surface area contributed by atoms with Crippen molar-refractivity contribution in [2.45, 2.75) is 12.5 Å². The number of sulfone groups is 1. The summed E-state index contributed by atoms with van der Waals surface area (Å²) in [6, 6.07) is 1.73. The summed E-state index contributed by atoms with van der Waals surface area (Å²) < 4.78 is 22.2. The van der Waals surface area contributed by atoms with Gasteiger partial charge in [0.2, 0.25) is 6.41 Å². The predicted octanol–water partition coefficient (Wildman–Crippen LogP) is -0.0677. The molecular weight excluding hydrogens is 272 g/mol. The summed E-state index contributed by atoms with van der Waals surface area (Å²) in [6.45, 7) is 0. The predicted molar refractivity (Wildman–Crippen MR) is 68.5 cm³/mol. The molecule has 1 atom stereocenters. The molecule has 8 heteroatoms. The zero-order valence-electron chi connectivity index (χ0n) is 10.3. The highest BCUT2D eigenvalue weighted by Crippen LogP contribution is 2.16. The normalized spacial score (nSPS) is 12.7. The van der Waals surface area contributed by atoms with Crippen LogP contribution in [0.2, 0.25) is 0 Å². The summed E-state index contributed by atoms with van der Waals surface area (Å²) in [6.07, 6.45) is 4.05. The van der Waals surface area contributed by atoms with Gasteiger partial charge in [-0.2, -0.15) is 0 Å². The Balaban J connectivity index is 2.96. The Morgan fingerprint density at radius 3 is 2.47 bits per heavy atom. The van der Waals surface area contributed by atoms with Crippen molar-refractivity contribution in [3.8, 4) is 0 Å². The van der Waals surface area contributed by atoms with Crippen molar-refractivity contribution in [2.75, 3.05) is 16.9 Å². The number of hydrogen-bond acceptors (Lipinski definition) is 5. The van der Waals surface area contributed by atoms with Crippen LogP contribution in [0, 0.1) is 0 Å². The fourth-order valence-electron chi connectivity index (χ4n) is 1.54. The van der Waals surface area contributed by atoms with Crippen molar-refractivity contribution in [2.24, 2.45) is 0 Å². The lowest BCUT2D eigenvalue weighted by atomic mass is 10.2. The number of hydrogen-bond donors (Lipinski definition) is 1. The molecule has 1 unspecified atom stereocenters. The summed E-state index contributed by atoms with van der Waals surface area (Å²) in [5.41, 5.74) is 0.353. The van der Waals surface area contributed by atoms with E-state index in [9.17, 15) is 18.0 Å². The number of pyridine rings is 1. The van der Waals surface area contributed by atoms with Gasteiger partial charge in [-0.25, -0.2) is 13.2 Å². The zero-order chi connectivity index (χ0) is 14.5. The molecule has 1 aromatic heterocycles. The van der Waals surface area contributed by atoms with Gasteiger partial charge in [-0.05, 0) is 18.6 Å². The number of carbonyl (C=O) groups is 2. The largest absolute Gasteiger partial charge is 0.480 e. The Morgan fingerprint density at radius 2 is 2.05 bits per heavy atom. The molecule has 104 valence electrons. The highest BCUT2D eigenvalue weighted by Gasteiger charge is 2.26. The van der Waals surface area contributed by atoms with Crippen LogP contribution in [0.3, 0.4) is 0 Å². The first-order chi connectivity index (χ1) is 8.85. The van der Waals surface area contributed by atoms with Gasteiger partial charge in [0.1, 0.15) is 15.9 Å². The van der Waals surface area contributed by atoms with E-state index in [1.807, 2.05) is 0 Å². The third-order valence-corrected chi connectivity index (χ3v) is 3.43. The van der Waals surface area contributed by atoms with Crippen LogP contribution in [-0.2, 0) is 19.4 Å². The van der Waals surface area contributed by atoms with Crippen LogP contribution in [-0.4, -0.2) is 48.9 Å². The third kappa shape index (κ3) is 4.66. The molecule has 1 rings (SSSR count). The van der Waals surface area contributed by atoms with Crippen molar-refractivity contribution in [1.82, 2.24) is 4.98 Å². The van der Waals surface area contributed by atoms with Crippen LogP contribution in [0.5, 0.6) is 0 Å². The number of anilines is 1. The second-order valence-corrected chi connectivity index (χ2v) is 6.25. The van der Waals surface area contributed by atoms with Gasteiger partial charge < -0.3 is 10.0 Å². The van der Waals surface area contributed by atoms with Crippen LogP contribution in [0.25, 0.3) is 0 Å². The molecule has 0 saturated carbocycles. The van der Waals surface area contributed by atoms with Crippen molar-refractivity contribution >= 4 is 27.9 Å². The lowest BCUT2D eigenvalue weighted by Gasteiger charge is -2.24. The fraction of sp³-hybridized carbons (Fsp3) is 0.364. The van der Waals surface area contributed by atoms with Gasteiger partial charge in [-0.15, -0.1) is 0 Å². The number of carboxylic acids is 1. The van der Waals surface area contributed by atoms with Crippen molar-refractivity contribution in [3.63, 3.8) is 0 Å². The first-order valence-corrected chi connectivity index (χ1v) is 7.45. The van der Waals surface area contributed by atoms with E-state index in [0.29, 0.717) is 12.1 Å². The molecule has 0 spiro atoms. The van der Waals surface area contributed by atoms with E-state index in [4.69, 9.17) is 5.11 Å². The third-order valence-electron chi connectivity index (χ3n) is 2.46. The van der Waals surface area contributed by atoms with Crippen LogP contribution in [0.15, 0.2) is 24.5 Å². The minimum absolute atomic E-state index is 0.171. The van der Waals surface area contributed by atoms with E-state index in [2.05, 4.69) is 4.98 Å². The highest BCUT2D eigenvalue weighted by atomic mass is 32.2. The Hall–Kier alpha value is -1.96.